The first-order valence-electron chi connectivity index (χ1n) is 6.80. The quantitative estimate of drug-likeness (QED) is 0.758. The zero-order valence-corrected chi connectivity index (χ0v) is 12.6. The molecule has 1 N–H and O–H groups in total. The van der Waals surface area contributed by atoms with E-state index in [1.165, 1.54) is 0 Å². The van der Waals surface area contributed by atoms with Crippen molar-refractivity contribution in [2.45, 2.75) is 13.0 Å². The van der Waals surface area contributed by atoms with Gasteiger partial charge < -0.3 is 23.9 Å². The molecule has 5 nitrogen and oxygen atoms in total. The molecule has 5 heteroatoms. The van der Waals surface area contributed by atoms with Gasteiger partial charge in [0.05, 0.1) is 34.1 Å². The zero-order chi connectivity index (χ0) is 15.1. The Morgan fingerprint density at radius 2 is 1.76 bits per heavy atom. The van der Waals surface area contributed by atoms with Crippen LogP contribution in [-0.4, -0.2) is 27.9 Å². The highest BCUT2D eigenvalue weighted by molar-refractivity contribution is 5.50. The molecule has 21 heavy (non-hydrogen) atoms. The Morgan fingerprint density at radius 1 is 1.05 bits per heavy atom. The van der Waals surface area contributed by atoms with E-state index in [4.69, 9.17) is 18.6 Å². The lowest BCUT2D eigenvalue weighted by atomic mass is 10.1. The molecule has 114 valence electrons. The van der Waals surface area contributed by atoms with Crippen LogP contribution in [-0.2, 0) is 13.0 Å². The molecule has 0 aliphatic carbocycles. The molecule has 0 aliphatic heterocycles. The first-order valence-corrected chi connectivity index (χ1v) is 6.80. The van der Waals surface area contributed by atoms with Crippen molar-refractivity contribution in [2.24, 2.45) is 0 Å². The molecule has 1 heterocycles. The molecule has 0 spiro atoms. The summed E-state index contributed by atoms with van der Waals surface area (Å²) in [6, 6.07) is 7.56. The summed E-state index contributed by atoms with van der Waals surface area (Å²) in [5.41, 5.74) is 1.02. The number of nitrogens with one attached hydrogen (secondary N) is 1. The minimum atomic E-state index is 0.702. The third-order valence-electron chi connectivity index (χ3n) is 3.25. The molecule has 0 fully saturated rings. The van der Waals surface area contributed by atoms with Crippen molar-refractivity contribution in [3.8, 4) is 17.2 Å². The first kappa shape index (κ1) is 15.3. The van der Waals surface area contributed by atoms with E-state index in [0.29, 0.717) is 6.54 Å². The van der Waals surface area contributed by atoms with Gasteiger partial charge in [-0.15, -0.1) is 0 Å². The largest absolute Gasteiger partial charge is 0.496 e. The Bertz CT molecular complexity index is 526. The second kappa shape index (κ2) is 7.59. The van der Waals surface area contributed by atoms with Gasteiger partial charge >= 0.3 is 0 Å². The van der Waals surface area contributed by atoms with Crippen molar-refractivity contribution in [1.29, 1.82) is 0 Å². The third-order valence-corrected chi connectivity index (χ3v) is 3.25. The Balaban J connectivity index is 2.00. The summed E-state index contributed by atoms with van der Waals surface area (Å²) < 4.78 is 21.4. The Morgan fingerprint density at radius 3 is 2.29 bits per heavy atom. The van der Waals surface area contributed by atoms with Crippen LogP contribution in [0.4, 0.5) is 0 Å². The van der Waals surface area contributed by atoms with Crippen molar-refractivity contribution in [1.82, 2.24) is 5.32 Å². The fourth-order valence-electron chi connectivity index (χ4n) is 2.16. The van der Waals surface area contributed by atoms with Gasteiger partial charge in [0.1, 0.15) is 23.0 Å². The van der Waals surface area contributed by atoms with Crippen molar-refractivity contribution in [3.05, 3.63) is 41.9 Å². The fourth-order valence-corrected chi connectivity index (χ4v) is 2.16. The number of benzene rings is 1. The molecule has 0 atom stereocenters. The molecule has 1 aromatic heterocycles. The average molecular weight is 291 g/mol. The van der Waals surface area contributed by atoms with Crippen LogP contribution in [0.25, 0.3) is 0 Å². The molecule has 0 unspecified atom stereocenters. The lowest BCUT2D eigenvalue weighted by molar-refractivity contribution is 0.368. The van der Waals surface area contributed by atoms with Gasteiger partial charge in [0.25, 0.3) is 0 Å². The SMILES string of the molecule is COc1cc(OC)c(CCNCc2ccco2)c(OC)c1. The van der Waals surface area contributed by atoms with Crippen LogP contribution in [0, 0.1) is 0 Å². The normalized spacial score (nSPS) is 10.4. The van der Waals surface area contributed by atoms with Crippen LogP contribution >= 0.6 is 0 Å². The number of furan rings is 1. The summed E-state index contributed by atoms with van der Waals surface area (Å²) in [5, 5.41) is 3.33. The summed E-state index contributed by atoms with van der Waals surface area (Å²) in [5.74, 6) is 3.18. The predicted octanol–water partition coefficient (Wildman–Crippen LogP) is 2.64. The standard InChI is InChI=1S/C16H21NO4/c1-18-13-9-15(19-2)14(16(10-13)20-3)6-7-17-11-12-5-4-8-21-12/h4-5,8-10,17H,6-7,11H2,1-3H3. The molecule has 0 saturated carbocycles. The molecule has 2 aromatic rings. The van der Waals surface area contributed by atoms with E-state index in [1.807, 2.05) is 24.3 Å². The van der Waals surface area contributed by atoms with Gasteiger partial charge in [-0.3, -0.25) is 0 Å². The number of hydrogen-bond donors (Lipinski definition) is 1. The molecule has 0 bridgehead atoms. The van der Waals surface area contributed by atoms with E-state index in [0.717, 1.165) is 41.5 Å². The Hall–Kier alpha value is -2.14. The maximum Gasteiger partial charge on any atom is 0.129 e. The van der Waals surface area contributed by atoms with Gasteiger partial charge in [0.15, 0.2) is 0 Å². The number of hydrogen-bond acceptors (Lipinski definition) is 5. The molecule has 0 radical (unpaired) electrons. The van der Waals surface area contributed by atoms with E-state index in [1.54, 1.807) is 27.6 Å². The minimum absolute atomic E-state index is 0.702. The summed E-state index contributed by atoms with van der Waals surface area (Å²) in [6.45, 7) is 1.49. The summed E-state index contributed by atoms with van der Waals surface area (Å²) in [6.07, 6.45) is 2.46. The highest BCUT2D eigenvalue weighted by Crippen LogP contribution is 2.34. The molecule has 0 aliphatic rings. The van der Waals surface area contributed by atoms with Crippen molar-refractivity contribution >= 4 is 0 Å². The van der Waals surface area contributed by atoms with Gasteiger partial charge in [-0.05, 0) is 25.1 Å². The minimum Gasteiger partial charge on any atom is -0.496 e. The van der Waals surface area contributed by atoms with Crippen molar-refractivity contribution in [3.63, 3.8) is 0 Å². The van der Waals surface area contributed by atoms with Gasteiger partial charge in [-0.1, -0.05) is 0 Å². The smallest absolute Gasteiger partial charge is 0.129 e. The van der Waals surface area contributed by atoms with E-state index in [-0.39, 0.29) is 0 Å². The Kier molecular flexibility index (Phi) is 5.51. The fraction of sp³-hybridized carbons (Fsp3) is 0.375. The zero-order valence-electron chi connectivity index (χ0n) is 12.6. The van der Waals surface area contributed by atoms with Crippen LogP contribution in [0.15, 0.2) is 34.9 Å². The lowest BCUT2D eigenvalue weighted by Crippen LogP contribution is -2.17. The van der Waals surface area contributed by atoms with Gasteiger partial charge in [0.2, 0.25) is 0 Å². The van der Waals surface area contributed by atoms with Crippen LogP contribution < -0.4 is 19.5 Å². The van der Waals surface area contributed by atoms with Gasteiger partial charge in [-0.2, -0.15) is 0 Å². The maximum atomic E-state index is 5.43. The lowest BCUT2D eigenvalue weighted by Gasteiger charge is -2.15. The topological polar surface area (TPSA) is 52.9 Å². The van der Waals surface area contributed by atoms with Crippen LogP contribution in [0.3, 0.4) is 0 Å². The van der Waals surface area contributed by atoms with E-state index in [9.17, 15) is 0 Å². The van der Waals surface area contributed by atoms with Crippen molar-refractivity contribution in [2.75, 3.05) is 27.9 Å². The van der Waals surface area contributed by atoms with E-state index < -0.39 is 0 Å². The average Bonchev–Trinajstić information content (AvgIpc) is 3.04. The summed E-state index contributed by atoms with van der Waals surface area (Å²) in [4.78, 5) is 0. The van der Waals surface area contributed by atoms with Crippen LogP contribution in [0.1, 0.15) is 11.3 Å². The van der Waals surface area contributed by atoms with Gasteiger partial charge in [0, 0.05) is 17.7 Å². The van der Waals surface area contributed by atoms with Crippen LogP contribution in [0.5, 0.6) is 17.2 Å². The monoisotopic (exact) mass is 291 g/mol. The first-order chi connectivity index (χ1) is 10.3. The summed E-state index contributed by atoms with van der Waals surface area (Å²) in [7, 11) is 4.92. The molecule has 0 amide bonds. The number of methoxy groups -OCH3 is 3. The molecule has 0 saturated heterocycles. The van der Waals surface area contributed by atoms with E-state index >= 15 is 0 Å². The number of ether oxygens (including phenoxy) is 3. The van der Waals surface area contributed by atoms with Gasteiger partial charge in [-0.25, -0.2) is 0 Å². The molecular weight excluding hydrogens is 270 g/mol. The predicted molar refractivity (Wildman–Crippen MR) is 80.2 cm³/mol. The second-order valence-corrected chi connectivity index (χ2v) is 4.52. The maximum absolute atomic E-state index is 5.43. The Labute approximate surface area is 124 Å². The molecular formula is C16H21NO4. The number of rotatable bonds is 8. The second-order valence-electron chi connectivity index (χ2n) is 4.52. The summed E-state index contributed by atoms with van der Waals surface area (Å²) >= 11 is 0. The highest BCUT2D eigenvalue weighted by Gasteiger charge is 2.12. The van der Waals surface area contributed by atoms with E-state index in [2.05, 4.69) is 5.32 Å². The molecule has 2 rings (SSSR count). The van der Waals surface area contributed by atoms with Crippen LogP contribution in [0.2, 0.25) is 0 Å². The highest BCUT2D eigenvalue weighted by atomic mass is 16.5. The third kappa shape index (κ3) is 3.92. The van der Waals surface area contributed by atoms with Crippen molar-refractivity contribution < 1.29 is 18.6 Å². The molecule has 1 aromatic carbocycles.